The standard InChI is InChI=1S/C13H13F6N/c1-8(3-2-4-20)9-5-10(12(14,15)16)7-11(6-9)13(17,18)19/h3,5-7H,2,4,20H2,1H3. The highest BCUT2D eigenvalue weighted by Gasteiger charge is 2.36. The van der Waals surface area contributed by atoms with Gasteiger partial charge in [0.1, 0.15) is 0 Å². The molecule has 0 radical (unpaired) electrons. The smallest absolute Gasteiger partial charge is 0.330 e. The fourth-order valence-corrected chi connectivity index (χ4v) is 1.60. The third-order valence-corrected chi connectivity index (χ3v) is 2.66. The second kappa shape index (κ2) is 5.87. The van der Waals surface area contributed by atoms with E-state index in [1.165, 1.54) is 13.0 Å². The van der Waals surface area contributed by atoms with Crippen molar-refractivity contribution >= 4 is 5.57 Å². The Kier molecular flexibility index (Phi) is 4.86. The lowest BCUT2D eigenvalue weighted by Crippen LogP contribution is -2.11. The number of hydrogen-bond acceptors (Lipinski definition) is 1. The summed E-state index contributed by atoms with van der Waals surface area (Å²) in [7, 11) is 0. The molecule has 0 atom stereocenters. The molecule has 0 heterocycles. The number of hydrogen-bond donors (Lipinski definition) is 1. The van der Waals surface area contributed by atoms with Gasteiger partial charge in [-0.05, 0) is 49.2 Å². The molecule has 0 aliphatic heterocycles. The molecule has 0 saturated heterocycles. The van der Waals surface area contributed by atoms with E-state index in [1.54, 1.807) is 0 Å². The highest BCUT2D eigenvalue weighted by Crippen LogP contribution is 2.37. The van der Waals surface area contributed by atoms with E-state index in [1.807, 2.05) is 0 Å². The zero-order chi connectivity index (χ0) is 15.6. The minimum absolute atomic E-state index is 0.111. The topological polar surface area (TPSA) is 26.0 Å². The van der Waals surface area contributed by atoms with Crippen molar-refractivity contribution < 1.29 is 26.3 Å². The second-order valence-corrected chi connectivity index (χ2v) is 4.26. The monoisotopic (exact) mass is 297 g/mol. The highest BCUT2D eigenvalue weighted by molar-refractivity contribution is 5.65. The first kappa shape index (κ1) is 16.6. The first-order chi connectivity index (χ1) is 9.05. The summed E-state index contributed by atoms with van der Waals surface area (Å²) in [5.41, 5.74) is 2.83. The zero-order valence-electron chi connectivity index (χ0n) is 10.6. The molecule has 1 aromatic carbocycles. The van der Waals surface area contributed by atoms with Gasteiger partial charge in [-0.2, -0.15) is 26.3 Å². The van der Waals surface area contributed by atoms with Gasteiger partial charge in [-0.3, -0.25) is 0 Å². The summed E-state index contributed by atoms with van der Waals surface area (Å²) >= 11 is 0. The minimum atomic E-state index is -4.83. The maximum absolute atomic E-state index is 12.6. The van der Waals surface area contributed by atoms with Crippen molar-refractivity contribution in [1.29, 1.82) is 0 Å². The summed E-state index contributed by atoms with van der Waals surface area (Å²) in [4.78, 5) is 0. The molecular formula is C13H13F6N. The molecule has 0 aliphatic rings. The number of halogens is 6. The maximum Gasteiger partial charge on any atom is 0.416 e. The molecule has 7 heteroatoms. The van der Waals surface area contributed by atoms with Crippen LogP contribution in [-0.2, 0) is 12.4 Å². The van der Waals surface area contributed by atoms with Gasteiger partial charge < -0.3 is 5.73 Å². The molecule has 2 N–H and O–H groups in total. The number of alkyl halides is 6. The van der Waals surface area contributed by atoms with Crippen LogP contribution in [0.4, 0.5) is 26.3 Å². The average Bonchev–Trinajstić information content (AvgIpc) is 2.33. The van der Waals surface area contributed by atoms with Crippen LogP contribution in [0.2, 0.25) is 0 Å². The summed E-state index contributed by atoms with van der Waals surface area (Å²) in [6.07, 6.45) is -7.77. The fourth-order valence-electron chi connectivity index (χ4n) is 1.60. The van der Waals surface area contributed by atoms with Crippen LogP contribution in [0.3, 0.4) is 0 Å². The normalized spacial score (nSPS) is 13.7. The zero-order valence-corrected chi connectivity index (χ0v) is 10.6. The SMILES string of the molecule is CC(=CCCN)c1cc(C(F)(F)F)cc(C(F)(F)F)c1. The van der Waals surface area contributed by atoms with Gasteiger partial charge in [0.2, 0.25) is 0 Å². The van der Waals surface area contributed by atoms with Gasteiger partial charge in [-0.15, -0.1) is 0 Å². The van der Waals surface area contributed by atoms with Gasteiger partial charge in [-0.1, -0.05) is 6.08 Å². The summed E-state index contributed by atoms with van der Waals surface area (Å²) in [6.45, 7) is 1.72. The molecule has 1 nitrogen and oxygen atoms in total. The van der Waals surface area contributed by atoms with Crippen LogP contribution in [0.25, 0.3) is 5.57 Å². The van der Waals surface area contributed by atoms with E-state index in [9.17, 15) is 26.3 Å². The van der Waals surface area contributed by atoms with Crippen LogP contribution in [0.1, 0.15) is 30.0 Å². The van der Waals surface area contributed by atoms with Crippen molar-refractivity contribution in [2.75, 3.05) is 6.54 Å². The highest BCUT2D eigenvalue weighted by atomic mass is 19.4. The van der Waals surface area contributed by atoms with Crippen molar-refractivity contribution in [3.8, 4) is 0 Å². The predicted octanol–water partition coefficient (Wildman–Crippen LogP) is 4.48. The molecule has 0 amide bonds. The Labute approximate surface area is 112 Å². The van der Waals surface area contributed by atoms with Crippen molar-refractivity contribution in [2.45, 2.75) is 25.7 Å². The van der Waals surface area contributed by atoms with Crippen LogP contribution >= 0.6 is 0 Å². The van der Waals surface area contributed by atoms with Gasteiger partial charge >= 0.3 is 12.4 Å². The van der Waals surface area contributed by atoms with Gasteiger partial charge in [-0.25, -0.2) is 0 Å². The van der Waals surface area contributed by atoms with Gasteiger partial charge in [0, 0.05) is 0 Å². The molecule has 0 spiro atoms. The molecule has 1 rings (SSSR count). The van der Waals surface area contributed by atoms with Crippen molar-refractivity contribution in [3.05, 3.63) is 41.0 Å². The van der Waals surface area contributed by atoms with E-state index in [-0.39, 0.29) is 18.2 Å². The molecule has 0 fully saturated rings. The predicted molar refractivity (Wildman–Crippen MR) is 63.8 cm³/mol. The minimum Gasteiger partial charge on any atom is -0.330 e. The lowest BCUT2D eigenvalue weighted by molar-refractivity contribution is -0.143. The summed E-state index contributed by atoms with van der Waals surface area (Å²) in [5.74, 6) is 0. The van der Waals surface area contributed by atoms with E-state index < -0.39 is 23.5 Å². The van der Waals surface area contributed by atoms with Crippen LogP contribution < -0.4 is 5.73 Å². The van der Waals surface area contributed by atoms with E-state index >= 15 is 0 Å². The van der Waals surface area contributed by atoms with Crippen LogP contribution in [0.15, 0.2) is 24.3 Å². The third-order valence-electron chi connectivity index (χ3n) is 2.66. The average molecular weight is 297 g/mol. The molecule has 0 aliphatic carbocycles. The molecule has 1 aromatic rings. The van der Waals surface area contributed by atoms with Gasteiger partial charge in [0.15, 0.2) is 0 Å². The molecule has 20 heavy (non-hydrogen) atoms. The van der Waals surface area contributed by atoms with Crippen LogP contribution in [0, 0.1) is 0 Å². The number of rotatable bonds is 3. The number of nitrogens with two attached hydrogens (primary N) is 1. The molecule has 0 unspecified atom stereocenters. The fraction of sp³-hybridized carbons (Fsp3) is 0.385. The van der Waals surface area contributed by atoms with Crippen LogP contribution in [-0.4, -0.2) is 6.54 Å². The molecule has 0 saturated carbocycles. The molecule has 0 bridgehead atoms. The third kappa shape index (κ3) is 4.26. The van der Waals surface area contributed by atoms with E-state index in [0.717, 1.165) is 0 Å². The quantitative estimate of drug-likeness (QED) is 0.818. The van der Waals surface area contributed by atoms with Crippen molar-refractivity contribution in [1.82, 2.24) is 0 Å². The Hall–Kier alpha value is -1.50. The summed E-state index contributed by atoms with van der Waals surface area (Å²) in [6, 6.07) is 1.52. The summed E-state index contributed by atoms with van der Waals surface area (Å²) in [5, 5.41) is 0. The van der Waals surface area contributed by atoms with E-state index in [4.69, 9.17) is 5.73 Å². The molecule has 112 valence electrons. The van der Waals surface area contributed by atoms with Crippen LogP contribution in [0.5, 0.6) is 0 Å². The van der Waals surface area contributed by atoms with E-state index in [2.05, 4.69) is 0 Å². The van der Waals surface area contributed by atoms with Crippen molar-refractivity contribution in [2.24, 2.45) is 5.73 Å². The number of allylic oxidation sites excluding steroid dienone is 1. The second-order valence-electron chi connectivity index (χ2n) is 4.26. The Morgan fingerprint density at radius 1 is 1.00 bits per heavy atom. The molecule has 0 aromatic heterocycles. The Balaban J connectivity index is 3.38. The number of benzene rings is 1. The largest absolute Gasteiger partial charge is 0.416 e. The Morgan fingerprint density at radius 2 is 1.45 bits per heavy atom. The van der Waals surface area contributed by atoms with Gasteiger partial charge in [0.25, 0.3) is 0 Å². The van der Waals surface area contributed by atoms with Gasteiger partial charge in [0.05, 0.1) is 11.1 Å². The Bertz CT molecular complexity index is 466. The Morgan fingerprint density at radius 3 is 1.80 bits per heavy atom. The lowest BCUT2D eigenvalue weighted by atomic mass is 9.99. The van der Waals surface area contributed by atoms with Crippen molar-refractivity contribution in [3.63, 3.8) is 0 Å². The molecular weight excluding hydrogens is 284 g/mol. The maximum atomic E-state index is 12.6. The first-order valence-corrected chi connectivity index (χ1v) is 5.72. The van der Waals surface area contributed by atoms with E-state index in [0.29, 0.717) is 24.1 Å². The first-order valence-electron chi connectivity index (χ1n) is 5.72. The lowest BCUT2D eigenvalue weighted by Gasteiger charge is -2.14. The summed E-state index contributed by atoms with van der Waals surface area (Å²) < 4.78 is 75.9.